The highest BCUT2D eigenvalue weighted by Crippen LogP contribution is 2.09. The topological polar surface area (TPSA) is 49.6 Å². The quantitative estimate of drug-likeness (QED) is 0.507. The molecular weight excluding hydrogens is 250 g/mol. The second kappa shape index (κ2) is 6.78. The number of hydrogen-bond donors (Lipinski definition) is 1. The van der Waals surface area contributed by atoms with E-state index in [4.69, 9.17) is 12.2 Å². The Morgan fingerprint density at radius 3 is 2.75 bits per heavy atom. The van der Waals surface area contributed by atoms with Crippen LogP contribution in [0.4, 0.5) is 5.69 Å². The molecule has 1 amide bonds. The standard InChI is InChI=1S/C16H19N3O/c1-2-8-18-9-11-19(12-10-18)16(20)7-6-14-4-3-5-15(17)13-14/h1,3-7,13H,8-12,17H2/b7-6+. The van der Waals surface area contributed by atoms with E-state index < -0.39 is 0 Å². The van der Waals surface area contributed by atoms with Crippen molar-refractivity contribution in [3.8, 4) is 12.3 Å². The van der Waals surface area contributed by atoms with Gasteiger partial charge in [0.15, 0.2) is 0 Å². The van der Waals surface area contributed by atoms with E-state index in [2.05, 4.69) is 10.8 Å². The SMILES string of the molecule is C#CCN1CCN(C(=O)/C=C/c2cccc(N)c2)CC1. The Morgan fingerprint density at radius 1 is 1.35 bits per heavy atom. The van der Waals surface area contributed by atoms with E-state index in [0.717, 1.165) is 31.7 Å². The Balaban J connectivity index is 1.88. The predicted molar refractivity (Wildman–Crippen MR) is 81.7 cm³/mol. The minimum Gasteiger partial charge on any atom is -0.399 e. The lowest BCUT2D eigenvalue weighted by Gasteiger charge is -2.33. The lowest BCUT2D eigenvalue weighted by Crippen LogP contribution is -2.48. The summed E-state index contributed by atoms with van der Waals surface area (Å²) in [6, 6.07) is 7.46. The summed E-state index contributed by atoms with van der Waals surface area (Å²) in [7, 11) is 0. The molecule has 0 atom stereocenters. The molecule has 0 spiro atoms. The number of terminal acetylenes is 1. The first-order valence-electron chi connectivity index (χ1n) is 6.67. The summed E-state index contributed by atoms with van der Waals surface area (Å²) in [5.74, 6) is 2.67. The van der Waals surface area contributed by atoms with Gasteiger partial charge < -0.3 is 10.6 Å². The number of hydrogen-bond acceptors (Lipinski definition) is 3. The average Bonchev–Trinajstić information content (AvgIpc) is 2.46. The number of benzene rings is 1. The third-order valence-electron chi connectivity index (χ3n) is 3.33. The number of amides is 1. The lowest BCUT2D eigenvalue weighted by atomic mass is 10.2. The molecule has 1 heterocycles. The monoisotopic (exact) mass is 269 g/mol. The van der Waals surface area contributed by atoms with Gasteiger partial charge in [0.2, 0.25) is 5.91 Å². The van der Waals surface area contributed by atoms with Crippen LogP contribution in [0.25, 0.3) is 6.08 Å². The first-order chi connectivity index (χ1) is 9.69. The van der Waals surface area contributed by atoms with Crippen LogP contribution in [0.1, 0.15) is 5.56 Å². The van der Waals surface area contributed by atoms with Gasteiger partial charge in [-0.05, 0) is 23.8 Å². The Morgan fingerprint density at radius 2 is 2.10 bits per heavy atom. The van der Waals surface area contributed by atoms with Gasteiger partial charge in [-0.2, -0.15) is 0 Å². The number of nitrogens with two attached hydrogens (primary N) is 1. The number of carbonyl (C=O) groups is 1. The van der Waals surface area contributed by atoms with Crippen molar-refractivity contribution in [3.05, 3.63) is 35.9 Å². The van der Waals surface area contributed by atoms with Crippen LogP contribution < -0.4 is 5.73 Å². The molecule has 0 aliphatic carbocycles. The van der Waals surface area contributed by atoms with Crippen LogP contribution in [0, 0.1) is 12.3 Å². The van der Waals surface area contributed by atoms with Gasteiger partial charge in [-0.3, -0.25) is 9.69 Å². The molecule has 0 radical (unpaired) electrons. The Kier molecular flexibility index (Phi) is 4.80. The molecule has 4 nitrogen and oxygen atoms in total. The van der Waals surface area contributed by atoms with Gasteiger partial charge in [-0.15, -0.1) is 6.42 Å². The van der Waals surface area contributed by atoms with E-state index in [0.29, 0.717) is 12.2 Å². The van der Waals surface area contributed by atoms with Gasteiger partial charge in [0, 0.05) is 37.9 Å². The van der Waals surface area contributed by atoms with Crippen molar-refractivity contribution in [2.75, 3.05) is 38.5 Å². The molecule has 2 rings (SSSR count). The second-order valence-electron chi connectivity index (χ2n) is 4.81. The Bertz CT molecular complexity index is 537. The van der Waals surface area contributed by atoms with Gasteiger partial charge in [0.1, 0.15) is 0 Å². The molecule has 2 N–H and O–H groups in total. The van der Waals surface area contributed by atoms with Gasteiger partial charge in [-0.1, -0.05) is 18.1 Å². The number of carbonyl (C=O) groups excluding carboxylic acids is 1. The molecule has 4 heteroatoms. The molecule has 0 saturated carbocycles. The fraction of sp³-hybridized carbons (Fsp3) is 0.312. The third kappa shape index (κ3) is 3.87. The minimum absolute atomic E-state index is 0.0350. The van der Waals surface area contributed by atoms with Crippen LogP contribution in [-0.2, 0) is 4.79 Å². The zero-order chi connectivity index (χ0) is 14.4. The fourth-order valence-electron chi connectivity index (χ4n) is 2.19. The van der Waals surface area contributed by atoms with E-state index in [1.54, 1.807) is 12.2 Å². The zero-order valence-electron chi connectivity index (χ0n) is 11.5. The van der Waals surface area contributed by atoms with Crippen molar-refractivity contribution < 1.29 is 4.79 Å². The normalized spacial score (nSPS) is 16.2. The maximum absolute atomic E-state index is 12.1. The van der Waals surface area contributed by atoms with E-state index in [1.165, 1.54) is 0 Å². The zero-order valence-corrected chi connectivity index (χ0v) is 11.5. The van der Waals surface area contributed by atoms with Crippen LogP contribution in [0.3, 0.4) is 0 Å². The highest BCUT2D eigenvalue weighted by atomic mass is 16.2. The van der Waals surface area contributed by atoms with Crippen molar-refractivity contribution in [1.29, 1.82) is 0 Å². The van der Waals surface area contributed by atoms with Crippen molar-refractivity contribution >= 4 is 17.7 Å². The highest BCUT2D eigenvalue weighted by Gasteiger charge is 2.18. The molecule has 20 heavy (non-hydrogen) atoms. The van der Waals surface area contributed by atoms with Crippen LogP contribution in [0.5, 0.6) is 0 Å². The van der Waals surface area contributed by atoms with Crippen molar-refractivity contribution in [2.24, 2.45) is 0 Å². The molecule has 104 valence electrons. The van der Waals surface area contributed by atoms with Gasteiger partial charge >= 0.3 is 0 Å². The lowest BCUT2D eigenvalue weighted by molar-refractivity contribution is -0.127. The number of anilines is 1. The average molecular weight is 269 g/mol. The third-order valence-corrected chi connectivity index (χ3v) is 3.33. The van der Waals surface area contributed by atoms with E-state index >= 15 is 0 Å². The molecule has 1 aliphatic heterocycles. The van der Waals surface area contributed by atoms with Crippen LogP contribution in [-0.4, -0.2) is 48.4 Å². The summed E-state index contributed by atoms with van der Waals surface area (Å²) in [5.41, 5.74) is 7.33. The highest BCUT2D eigenvalue weighted by molar-refractivity contribution is 5.92. The predicted octanol–water partition coefficient (Wildman–Crippen LogP) is 1.06. The summed E-state index contributed by atoms with van der Waals surface area (Å²) < 4.78 is 0. The molecule has 1 aliphatic rings. The molecule has 0 unspecified atom stereocenters. The molecule has 0 aromatic heterocycles. The maximum Gasteiger partial charge on any atom is 0.246 e. The van der Waals surface area contributed by atoms with Crippen molar-refractivity contribution in [3.63, 3.8) is 0 Å². The molecule has 0 bridgehead atoms. The van der Waals surface area contributed by atoms with Gasteiger partial charge in [-0.25, -0.2) is 0 Å². The molecular formula is C16H19N3O. The first-order valence-corrected chi connectivity index (χ1v) is 6.67. The van der Waals surface area contributed by atoms with Crippen LogP contribution in [0.15, 0.2) is 30.3 Å². The van der Waals surface area contributed by atoms with Gasteiger partial charge in [0.05, 0.1) is 6.54 Å². The van der Waals surface area contributed by atoms with E-state index in [9.17, 15) is 4.79 Å². The molecule has 1 saturated heterocycles. The van der Waals surface area contributed by atoms with Crippen LogP contribution >= 0.6 is 0 Å². The molecule has 1 aromatic rings. The summed E-state index contributed by atoms with van der Waals surface area (Å²) in [5, 5.41) is 0. The van der Waals surface area contributed by atoms with Gasteiger partial charge in [0.25, 0.3) is 0 Å². The molecule has 1 aromatic carbocycles. The number of nitrogens with zero attached hydrogens (tertiary/aromatic N) is 2. The summed E-state index contributed by atoms with van der Waals surface area (Å²) in [4.78, 5) is 16.1. The van der Waals surface area contributed by atoms with E-state index in [-0.39, 0.29) is 5.91 Å². The van der Waals surface area contributed by atoms with Crippen molar-refractivity contribution in [1.82, 2.24) is 9.80 Å². The fourth-order valence-corrected chi connectivity index (χ4v) is 2.19. The van der Waals surface area contributed by atoms with Crippen molar-refractivity contribution in [2.45, 2.75) is 0 Å². The summed E-state index contributed by atoms with van der Waals surface area (Å²) in [6.07, 6.45) is 8.69. The smallest absolute Gasteiger partial charge is 0.246 e. The number of rotatable bonds is 3. The maximum atomic E-state index is 12.1. The van der Waals surface area contributed by atoms with E-state index in [1.807, 2.05) is 29.2 Å². The second-order valence-corrected chi connectivity index (χ2v) is 4.81. The number of nitrogen functional groups attached to an aromatic ring is 1. The first kappa shape index (κ1) is 14.2. The Labute approximate surface area is 119 Å². The minimum atomic E-state index is 0.0350. The molecule has 1 fully saturated rings. The summed E-state index contributed by atoms with van der Waals surface area (Å²) in [6.45, 7) is 3.77. The van der Waals surface area contributed by atoms with Crippen LogP contribution in [0.2, 0.25) is 0 Å². The Hall–Kier alpha value is -2.25. The summed E-state index contributed by atoms with van der Waals surface area (Å²) >= 11 is 0. The number of piperazine rings is 1. The largest absolute Gasteiger partial charge is 0.399 e.